The minimum absolute atomic E-state index is 0.647. The van der Waals surface area contributed by atoms with Crippen molar-refractivity contribution in [2.75, 3.05) is 6.61 Å². The molecule has 0 heterocycles. The Morgan fingerprint density at radius 1 is 1.27 bits per heavy atom. The van der Waals surface area contributed by atoms with Gasteiger partial charge in [0.1, 0.15) is 8.07 Å². The Bertz CT molecular complexity index is 159. The topological polar surface area (TPSA) is 9.23 Å². The summed E-state index contributed by atoms with van der Waals surface area (Å²) >= 11 is 0. The first-order chi connectivity index (χ1) is 4.92. The first kappa shape index (κ1) is 11.0. The molecule has 0 aliphatic carbocycles. The molecule has 0 aromatic carbocycles. The minimum atomic E-state index is -1.15. The highest BCUT2D eigenvalue weighted by atomic mass is 28.3. The van der Waals surface area contributed by atoms with Gasteiger partial charge in [0.05, 0.1) is 6.61 Å². The van der Waals surface area contributed by atoms with Crippen LogP contribution in [-0.4, -0.2) is 23.7 Å². The summed E-state index contributed by atoms with van der Waals surface area (Å²) in [6, 6.07) is 0. The molecule has 0 saturated heterocycles. The maximum absolute atomic E-state index is 5.42. The van der Waals surface area contributed by atoms with Gasteiger partial charge in [-0.25, -0.2) is 0 Å². The molecule has 64 valence electrons. The van der Waals surface area contributed by atoms with Crippen LogP contribution in [0, 0.1) is 11.5 Å². The van der Waals surface area contributed by atoms with Crippen molar-refractivity contribution in [2.24, 2.45) is 0 Å². The van der Waals surface area contributed by atoms with Crippen molar-refractivity contribution in [3.63, 3.8) is 0 Å². The Kier molecular flexibility index (Phi) is 4.74. The highest BCUT2D eigenvalue weighted by Crippen LogP contribution is 1.95. The lowest BCUT2D eigenvalue weighted by atomic mass is 10.8. The van der Waals surface area contributed by atoms with Crippen LogP contribution in [-0.2, 0) is 4.43 Å². The average molecular weight is 186 g/mol. The molecule has 3 heteroatoms. The normalized spacial score (nSPS) is 11.1. The third-order valence-corrected chi connectivity index (χ3v) is 2.71. The van der Waals surface area contributed by atoms with E-state index in [9.17, 15) is 0 Å². The Hall–Kier alpha value is -0.0462. The molecule has 0 bridgehead atoms. The summed E-state index contributed by atoms with van der Waals surface area (Å²) in [4.78, 5) is 0. The lowest BCUT2D eigenvalue weighted by Crippen LogP contribution is -2.17. The molecule has 0 unspecified atom stereocenters. The van der Waals surface area contributed by atoms with Gasteiger partial charge in [-0.05, 0) is 13.1 Å². The summed E-state index contributed by atoms with van der Waals surface area (Å²) in [7, 11) is -2.00. The van der Waals surface area contributed by atoms with Gasteiger partial charge >= 0.3 is 0 Å². The predicted octanol–water partition coefficient (Wildman–Crippen LogP) is 1.87. The zero-order valence-corrected chi connectivity index (χ0v) is 10.3. The second kappa shape index (κ2) is 4.76. The standard InChI is InChI=1S/C8H18OSi2/c1-10(2)9-7-6-8-11(3,4)5/h10H,7H2,1-5H3. The van der Waals surface area contributed by atoms with E-state index in [1.807, 2.05) is 0 Å². The smallest absolute Gasteiger partial charge is 0.172 e. The van der Waals surface area contributed by atoms with E-state index in [4.69, 9.17) is 4.43 Å². The molecule has 11 heavy (non-hydrogen) atoms. The van der Waals surface area contributed by atoms with Crippen LogP contribution in [0.15, 0.2) is 0 Å². The Morgan fingerprint density at radius 2 is 1.82 bits per heavy atom. The Morgan fingerprint density at radius 3 is 2.18 bits per heavy atom. The number of hydrogen-bond acceptors (Lipinski definition) is 1. The van der Waals surface area contributed by atoms with E-state index in [0.717, 1.165) is 0 Å². The van der Waals surface area contributed by atoms with Crippen LogP contribution in [0.3, 0.4) is 0 Å². The van der Waals surface area contributed by atoms with Crippen LogP contribution >= 0.6 is 0 Å². The first-order valence-corrected chi connectivity index (χ1v) is 10.3. The third kappa shape index (κ3) is 9.95. The van der Waals surface area contributed by atoms with Crippen molar-refractivity contribution in [1.82, 2.24) is 0 Å². The van der Waals surface area contributed by atoms with Crippen LogP contribution in [0.25, 0.3) is 0 Å². The second-order valence-electron chi connectivity index (χ2n) is 3.91. The van der Waals surface area contributed by atoms with Gasteiger partial charge in [0.15, 0.2) is 9.04 Å². The monoisotopic (exact) mass is 186 g/mol. The van der Waals surface area contributed by atoms with Crippen LogP contribution in [0.2, 0.25) is 32.7 Å². The van der Waals surface area contributed by atoms with E-state index >= 15 is 0 Å². The second-order valence-corrected chi connectivity index (χ2v) is 11.1. The molecule has 0 saturated carbocycles. The van der Waals surface area contributed by atoms with Gasteiger partial charge in [0.25, 0.3) is 0 Å². The van der Waals surface area contributed by atoms with Crippen molar-refractivity contribution in [3.05, 3.63) is 0 Å². The van der Waals surface area contributed by atoms with Crippen molar-refractivity contribution >= 4 is 17.1 Å². The van der Waals surface area contributed by atoms with Gasteiger partial charge in [-0.2, -0.15) is 0 Å². The quantitative estimate of drug-likeness (QED) is 0.472. The maximum atomic E-state index is 5.42. The fourth-order valence-corrected chi connectivity index (χ4v) is 1.53. The van der Waals surface area contributed by atoms with Crippen molar-refractivity contribution in [2.45, 2.75) is 32.7 Å². The molecule has 0 spiro atoms. The van der Waals surface area contributed by atoms with Crippen molar-refractivity contribution in [1.29, 1.82) is 0 Å². The predicted molar refractivity (Wildman–Crippen MR) is 56.0 cm³/mol. The van der Waals surface area contributed by atoms with Gasteiger partial charge in [0, 0.05) is 0 Å². The van der Waals surface area contributed by atoms with Gasteiger partial charge in [-0.3, -0.25) is 0 Å². The van der Waals surface area contributed by atoms with Crippen LogP contribution in [0.5, 0.6) is 0 Å². The largest absolute Gasteiger partial charge is 0.410 e. The highest BCUT2D eigenvalue weighted by Gasteiger charge is 2.06. The number of hydrogen-bond donors (Lipinski definition) is 0. The van der Waals surface area contributed by atoms with E-state index < -0.39 is 17.1 Å². The molecule has 0 fully saturated rings. The minimum Gasteiger partial charge on any atom is -0.410 e. The molecule has 1 nitrogen and oxygen atoms in total. The molecule has 0 amide bonds. The summed E-state index contributed by atoms with van der Waals surface area (Å²) in [5, 5.41) is 0. The molecule has 0 N–H and O–H groups in total. The molecular weight excluding hydrogens is 168 g/mol. The molecular formula is C8H18OSi2. The summed E-state index contributed by atoms with van der Waals surface area (Å²) in [6.45, 7) is 11.7. The first-order valence-electron chi connectivity index (χ1n) is 4.03. The van der Waals surface area contributed by atoms with Gasteiger partial charge in [0.2, 0.25) is 0 Å². The van der Waals surface area contributed by atoms with Crippen LogP contribution < -0.4 is 0 Å². The molecule has 0 radical (unpaired) electrons. The lowest BCUT2D eigenvalue weighted by Gasteiger charge is -2.04. The highest BCUT2D eigenvalue weighted by molar-refractivity contribution is 6.83. The molecule has 0 aromatic heterocycles. The van der Waals surface area contributed by atoms with E-state index in [1.54, 1.807) is 0 Å². The molecule has 0 rings (SSSR count). The zero-order valence-electron chi connectivity index (χ0n) is 8.19. The molecule has 0 atom stereocenters. The lowest BCUT2D eigenvalue weighted by molar-refractivity contribution is 0.382. The van der Waals surface area contributed by atoms with E-state index in [2.05, 4.69) is 44.2 Å². The van der Waals surface area contributed by atoms with E-state index in [0.29, 0.717) is 6.61 Å². The SMILES string of the molecule is C[SiH](C)OCC#C[Si](C)(C)C. The zero-order chi connectivity index (χ0) is 8.91. The van der Waals surface area contributed by atoms with Gasteiger partial charge < -0.3 is 4.43 Å². The van der Waals surface area contributed by atoms with Gasteiger partial charge in [-0.1, -0.05) is 25.6 Å². The van der Waals surface area contributed by atoms with Crippen LogP contribution in [0.4, 0.5) is 0 Å². The summed E-state index contributed by atoms with van der Waals surface area (Å²) in [5.74, 6) is 3.08. The van der Waals surface area contributed by atoms with Gasteiger partial charge in [-0.15, -0.1) is 5.54 Å². The Labute approximate surface area is 72.9 Å². The third-order valence-electron chi connectivity index (χ3n) is 0.952. The fourth-order valence-electron chi connectivity index (χ4n) is 0.510. The van der Waals surface area contributed by atoms with Crippen molar-refractivity contribution < 1.29 is 4.43 Å². The molecule has 0 aromatic rings. The van der Waals surface area contributed by atoms with Crippen LogP contribution in [0.1, 0.15) is 0 Å². The molecule has 0 aliphatic rings. The Balaban J connectivity index is 3.57. The average Bonchev–Trinajstić information content (AvgIpc) is 1.78. The van der Waals surface area contributed by atoms with E-state index in [1.165, 1.54) is 0 Å². The number of rotatable bonds is 2. The summed E-state index contributed by atoms with van der Waals surface area (Å²) < 4.78 is 5.42. The molecule has 0 aliphatic heterocycles. The van der Waals surface area contributed by atoms with E-state index in [-0.39, 0.29) is 0 Å². The summed E-state index contributed by atoms with van der Waals surface area (Å²) in [5.41, 5.74) is 3.26. The fraction of sp³-hybridized carbons (Fsp3) is 0.750. The maximum Gasteiger partial charge on any atom is 0.172 e. The van der Waals surface area contributed by atoms with Crippen molar-refractivity contribution in [3.8, 4) is 11.5 Å². The summed E-state index contributed by atoms with van der Waals surface area (Å²) in [6.07, 6.45) is 0.